The summed E-state index contributed by atoms with van der Waals surface area (Å²) in [6.07, 6.45) is 5.56. The first-order valence-corrected chi connectivity index (χ1v) is 6.88. The maximum Gasteiger partial charge on any atom is 0.244 e. The molecule has 2 heterocycles. The summed E-state index contributed by atoms with van der Waals surface area (Å²) in [5.41, 5.74) is -0.164. The van der Waals surface area contributed by atoms with Gasteiger partial charge in [0, 0.05) is 12.6 Å². The number of amides is 1. The van der Waals surface area contributed by atoms with Gasteiger partial charge in [0.25, 0.3) is 0 Å². The minimum absolute atomic E-state index is 0.164. The lowest BCUT2D eigenvalue weighted by Crippen LogP contribution is -2.48. The molecule has 1 saturated carbocycles. The SMILES string of the molecule is CCC1NC2(CC2)C(=O)N1C1CCOC(C)C1. The van der Waals surface area contributed by atoms with Crippen molar-refractivity contribution >= 4 is 5.91 Å². The molecule has 3 fully saturated rings. The number of ether oxygens (including phenoxy) is 1. The van der Waals surface area contributed by atoms with E-state index in [1.54, 1.807) is 0 Å². The second kappa shape index (κ2) is 3.95. The minimum atomic E-state index is -0.164. The fourth-order valence-corrected chi connectivity index (χ4v) is 3.27. The van der Waals surface area contributed by atoms with Crippen molar-refractivity contribution < 1.29 is 9.53 Å². The van der Waals surface area contributed by atoms with Crippen molar-refractivity contribution in [1.29, 1.82) is 0 Å². The summed E-state index contributed by atoms with van der Waals surface area (Å²) in [7, 11) is 0. The van der Waals surface area contributed by atoms with Crippen LogP contribution in [0.1, 0.15) is 46.0 Å². The molecule has 0 aromatic carbocycles. The van der Waals surface area contributed by atoms with Gasteiger partial charge in [-0.15, -0.1) is 0 Å². The first kappa shape index (κ1) is 11.5. The Kier molecular flexibility index (Phi) is 2.67. The van der Waals surface area contributed by atoms with Crippen LogP contribution in [-0.2, 0) is 9.53 Å². The molecule has 0 radical (unpaired) electrons. The van der Waals surface area contributed by atoms with E-state index in [0.29, 0.717) is 11.9 Å². The molecule has 1 aliphatic carbocycles. The van der Waals surface area contributed by atoms with Crippen molar-refractivity contribution in [1.82, 2.24) is 10.2 Å². The zero-order chi connectivity index (χ0) is 12.0. The molecule has 3 atom stereocenters. The molecular formula is C13H22N2O2. The lowest BCUT2D eigenvalue weighted by molar-refractivity contribution is -0.136. The van der Waals surface area contributed by atoms with Crippen molar-refractivity contribution in [3.63, 3.8) is 0 Å². The molecule has 4 nitrogen and oxygen atoms in total. The Bertz CT molecular complexity index is 327. The predicted octanol–water partition coefficient (Wildman–Crippen LogP) is 1.25. The Morgan fingerprint density at radius 1 is 1.53 bits per heavy atom. The third-order valence-electron chi connectivity index (χ3n) is 4.41. The van der Waals surface area contributed by atoms with Crippen molar-refractivity contribution in [2.75, 3.05) is 6.61 Å². The van der Waals surface area contributed by atoms with Crippen molar-refractivity contribution in [2.45, 2.75) is 69.8 Å². The molecule has 0 bridgehead atoms. The van der Waals surface area contributed by atoms with Crippen LogP contribution >= 0.6 is 0 Å². The van der Waals surface area contributed by atoms with Gasteiger partial charge >= 0.3 is 0 Å². The Labute approximate surface area is 103 Å². The van der Waals surface area contributed by atoms with Gasteiger partial charge in [-0.3, -0.25) is 10.1 Å². The number of hydrogen-bond donors (Lipinski definition) is 1. The number of carbonyl (C=O) groups is 1. The van der Waals surface area contributed by atoms with Crippen LogP contribution in [0.25, 0.3) is 0 Å². The van der Waals surface area contributed by atoms with Gasteiger partial charge in [0.1, 0.15) is 0 Å². The topological polar surface area (TPSA) is 41.6 Å². The molecule has 1 spiro atoms. The Balaban J connectivity index is 1.78. The molecule has 2 saturated heterocycles. The first-order valence-electron chi connectivity index (χ1n) is 6.88. The van der Waals surface area contributed by atoms with Crippen LogP contribution in [0.2, 0.25) is 0 Å². The van der Waals surface area contributed by atoms with Gasteiger partial charge in [0.2, 0.25) is 5.91 Å². The molecule has 0 aromatic heterocycles. The summed E-state index contributed by atoms with van der Waals surface area (Å²) in [4.78, 5) is 14.6. The fourth-order valence-electron chi connectivity index (χ4n) is 3.27. The Morgan fingerprint density at radius 3 is 2.88 bits per heavy atom. The third kappa shape index (κ3) is 1.78. The second-order valence-corrected chi connectivity index (χ2v) is 5.72. The average molecular weight is 238 g/mol. The number of hydrogen-bond acceptors (Lipinski definition) is 3. The van der Waals surface area contributed by atoms with Gasteiger partial charge in [0.15, 0.2) is 0 Å². The van der Waals surface area contributed by atoms with Gasteiger partial charge in [-0.1, -0.05) is 6.92 Å². The second-order valence-electron chi connectivity index (χ2n) is 5.72. The molecule has 4 heteroatoms. The molecule has 3 rings (SSSR count). The van der Waals surface area contributed by atoms with E-state index in [1.165, 1.54) is 0 Å². The maximum absolute atomic E-state index is 12.5. The highest BCUT2D eigenvalue weighted by Crippen LogP contribution is 2.44. The van der Waals surface area contributed by atoms with E-state index in [2.05, 4.69) is 24.1 Å². The van der Waals surface area contributed by atoms with Crippen LogP contribution in [0.5, 0.6) is 0 Å². The fraction of sp³-hybridized carbons (Fsp3) is 0.923. The minimum Gasteiger partial charge on any atom is -0.378 e. The summed E-state index contributed by atoms with van der Waals surface area (Å²) < 4.78 is 5.58. The third-order valence-corrected chi connectivity index (χ3v) is 4.41. The van der Waals surface area contributed by atoms with Crippen LogP contribution in [0, 0.1) is 0 Å². The van der Waals surface area contributed by atoms with E-state index in [1.807, 2.05) is 0 Å². The predicted molar refractivity (Wildman–Crippen MR) is 64.5 cm³/mol. The summed E-state index contributed by atoms with van der Waals surface area (Å²) >= 11 is 0. The smallest absolute Gasteiger partial charge is 0.244 e. The van der Waals surface area contributed by atoms with E-state index in [4.69, 9.17) is 4.74 Å². The zero-order valence-corrected chi connectivity index (χ0v) is 10.7. The van der Waals surface area contributed by atoms with Crippen LogP contribution < -0.4 is 5.32 Å². The van der Waals surface area contributed by atoms with Gasteiger partial charge in [-0.25, -0.2) is 0 Å². The summed E-state index contributed by atoms with van der Waals surface area (Å²) in [6, 6.07) is 0.378. The van der Waals surface area contributed by atoms with E-state index in [9.17, 15) is 4.79 Å². The quantitative estimate of drug-likeness (QED) is 0.787. The van der Waals surface area contributed by atoms with Crippen LogP contribution in [0.15, 0.2) is 0 Å². The molecule has 3 aliphatic rings. The Morgan fingerprint density at radius 2 is 2.29 bits per heavy atom. The van der Waals surface area contributed by atoms with Crippen molar-refractivity contribution in [3.05, 3.63) is 0 Å². The van der Waals surface area contributed by atoms with Gasteiger partial charge in [0.05, 0.1) is 17.8 Å². The monoisotopic (exact) mass is 238 g/mol. The highest BCUT2D eigenvalue weighted by molar-refractivity contribution is 5.92. The van der Waals surface area contributed by atoms with Crippen LogP contribution in [0.3, 0.4) is 0 Å². The molecule has 0 aromatic rings. The van der Waals surface area contributed by atoms with Gasteiger partial charge < -0.3 is 9.64 Å². The first-order chi connectivity index (χ1) is 8.16. The largest absolute Gasteiger partial charge is 0.378 e. The summed E-state index contributed by atoms with van der Waals surface area (Å²) in [5, 5.41) is 3.54. The standard InChI is InChI=1S/C13H22N2O2/c1-3-11-14-13(5-6-13)12(16)15(11)10-4-7-17-9(2)8-10/h9-11,14H,3-8H2,1-2H3. The average Bonchev–Trinajstić information content (AvgIpc) is 3.02. The van der Waals surface area contributed by atoms with Crippen LogP contribution in [0.4, 0.5) is 0 Å². The van der Waals surface area contributed by atoms with Crippen molar-refractivity contribution in [2.24, 2.45) is 0 Å². The van der Waals surface area contributed by atoms with E-state index in [-0.39, 0.29) is 17.8 Å². The molecule has 2 aliphatic heterocycles. The Hall–Kier alpha value is -0.610. The molecule has 3 unspecified atom stereocenters. The number of nitrogens with zero attached hydrogens (tertiary/aromatic N) is 1. The number of carbonyl (C=O) groups excluding carboxylic acids is 1. The highest BCUT2D eigenvalue weighted by Gasteiger charge is 2.59. The van der Waals surface area contributed by atoms with E-state index < -0.39 is 0 Å². The molecule has 1 amide bonds. The number of rotatable bonds is 2. The molecule has 1 N–H and O–H groups in total. The van der Waals surface area contributed by atoms with Gasteiger partial charge in [-0.2, -0.15) is 0 Å². The lowest BCUT2D eigenvalue weighted by Gasteiger charge is -2.37. The zero-order valence-electron chi connectivity index (χ0n) is 10.7. The van der Waals surface area contributed by atoms with Crippen molar-refractivity contribution in [3.8, 4) is 0 Å². The van der Waals surface area contributed by atoms with Gasteiger partial charge in [-0.05, 0) is 39.0 Å². The summed E-state index contributed by atoms with van der Waals surface area (Å²) in [5.74, 6) is 0.350. The molecule has 17 heavy (non-hydrogen) atoms. The molecule has 96 valence electrons. The van der Waals surface area contributed by atoms with E-state index >= 15 is 0 Å². The molecular weight excluding hydrogens is 216 g/mol. The number of nitrogens with one attached hydrogen (secondary N) is 1. The van der Waals surface area contributed by atoms with Crippen LogP contribution in [-0.4, -0.2) is 41.3 Å². The summed E-state index contributed by atoms with van der Waals surface area (Å²) in [6.45, 7) is 5.05. The maximum atomic E-state index is 12.5. The van der Waals surface area contributed by atoms with E-state index in [0.717, 1.165) is 38.7 Å². The normalized spacial score (nSPS) is 40.0. The lowest BCUT2D eigenvalue weighted by atomic mass is 10.0. The highest BCUT2D eigenvalue weighted by atomic mass is 16.5.